The average molecular weight is 512 g/mol. The minimum absolute atomic E-state index is 0.0840. The number of rotatable bonds is 6. The summed E-state index contributed by atoms with van der Waals surface area (Å²) in [5.41, 5.74) is -0.405. The van der Waals surface area contributed by atoms with Crippen molar-refractivity contribution in [2.24, 2.45) is 5.41 Å². The van der Waals surface area contributed by atoms with Gasteiger partial charge in [0.1, 0.15) is 23.7 Å². The highest BCUT2D eigenvalue weighted by Gasteiger charge is 2.48. The third-order valence-electron chi connectivity index (χ3n) is 6.00. The van der Waals surface area contributed by atoms with Crippen LogP contribution in [0.5, 0.6) is 0 Å². The topological polar surface area (TPSA) is 122 Å². The molecule has 1 aliphatic heterocycles. The lowest BCUT2D eigenvalue weighted by Gasteiger charge is -2.44. The minimum Gasteiger partial charge on any atom is -0.454 e. The molecule has 1 saturated heterocycles. The molecule has 1 aromatic carbocycles. The van der Waals surface area contributed by atoms with E-state index in [4.69, 9.17) is 21.1 Å². The van der Waals surface area contributed by atoms with Crippen LogP contribution in [0.1, 0.15) is 44.0 Å². The Hall–Kier alpha value is -1.91. The van der Waals surface area contributed by atoms with Gasteiger partial charge in [0, 0.05) is 23.6 Å². The predicted octanol–water partition coefficient (Wildman–Crippen LogP) is 2.50. The number of thioether (sulfide) groups is 1. The molecule has 2 fully saturated rings. The Morgan fingerprint density at radius 1 is 1.24 bits per heavy atom. The van der Waals surface area contributed by atoms with Gasteiger partial charge in [-0.05, 0) is 42.9 Å². The van der Waals surface area contributed by atoms with Crippen molar-refractivity contribution in [1.82, 2.24) is 5.32 Å². The van der Waals surface area contributed by atoms with E-state index in [2.05, 4.69) is 5.32 Å². The van der Waals surface area contributed by atoms with Gasteiger partial charge in [-0.1, -0.05) is 25.4 Å². The lowest BCUT2D eigenvalue weighted by Crippen LogP contribution is -2.63. The number of allylic oxidation sites excluding steroid dienone is 2. The second-order valence-electron chi connectivity index (χ2n) is 9.36. The van der Waals surface area contributed by atoms with Crippen LogP contribution in [0.2, 0.25) is 5.02 Å². The van der Waals surface area contributed by atoms with Crippen LogP contribution in [0.4, 0.5) is 0 Å². The molecule has 0 unspecified atom stereocenters. The molecule has 0 amide bonds. The van der Waals surface area contributed by atoms with E-state index in [9.17, 15) is 24.6 Å². The summed E-state index contributed by atoms with van der Waals surface area (Å²) in [4.78, 5) is 38.3. The number of hydrogen-bond donors (Lipinski definition) is 3. The summed E-state index contributed by atoms with van der Waals surface area (Å²) in [6.07, 6.45) is -1.21. The Labute approximate surface area is 208 Å². The molecule has 186 valence electrons. The molecule has 3 rings (SSSR count). The van der Waals surface area contributed by atoms with E-state index in [0.717, 1.165) is 0 Å². The van der Waals surface area contributed by atoms with Crippen LogP contribution in [-0.4, -0.2) is 70.4 Å². The average Bonchev–Trinajstić information content (AvgIpc) is 2.75. The highest BCUT2D eigenvalue weighted by molar-refractivity contribution is 7.99. The summed E-state index contributed by atoms with van der Waals surface area (Å²) in [6, 6.07) is 5.30. The molecular weight excluding hydrogens is 482 g/mol. The summed E-state index contributed by atoms with van der Waals surface area (Å²) in [5, 5.41) is 24.1. The van der Waals surface area contributed by atoms with Crippen LogP contribution in [0.15, 0.2) is 35.5 Å². The number of carbonyl (C=O) groups excluding carboxylic acids is 3. The van der Waals surface area contributed by atoms with Gasteiger partial charge in [0.25, 0.3) is 0 Å². The van der Waals surface area contributed by atoms with Crippen LogP contribution >= 0.6 is 23.4 Å². The Morgan fingerprint density at radius 2 is 1.82 bits per heavy atom. The fraction of sp³-hybridized carbons (Fsp3) is 0.542. The first-order valence-corrected chi connectivity index (χ1v) is 12.6. The summed E-state index contributed by atoms with van der Waals surface area (Å²) >= 11 is 7.18. The first-order valence-electron chi connectivity index (χ1n) is 10.9. The van der Waals surface area contributed by atoms with Crippen molar-refractivity contribution < 1.29 is 34.1 Å². The normalized spacial score (nSPS) is 29.0. The molecule has 0 aromatic heterocycles. The Balaban J connectivity index is 1.92. The lowest BCUT2D eigenvalue weighted by atomic mass is 9.73. The highest BCUT2D eigenvalue weighted by Crippen LogP contribution is 2.35. The first-order chi connectivity index (χ1) is 16.0. The third-order valence-corrected chi connectivity index (χ3v) is 7.12. The van der Waals surface area contributed by atoms with Gasteiger partial charge in [-0.2, -0.15) is 0 Å². The molecule has 3 N–H and O–H groups in total. The minimum atomic E-state index is -1.35. The summed E-state index contributed by atoms with van der Waals surface area (Å²) in [6.45, 7) is 4.88. The molecule has 0 spiro atoms. The fourth-order valence-electron chi connectivity index (χ4n) is 4.34. The zero-order valence-corrected chi connectivity index (χ0v) is 21.1. The second kappa shape index (κ2) is 10.8. The van der Waals surface area contributed by atoms with Crippen molar-refractivity contribution in [3.63, 3.8) is 0 Å². The molecule has 1 saturated carbocycles. The van der Waals surface area contributed by atoms with Crippen molar-refractivity contribution in [3.05, 3.63) is 46.1 Å². The van der Waals surface area contributed by atoms with E-state index >= 15 is 0 Å². The SMILES string of the molecule is CS[C@@H]1O[C@H](CO)[C@@H](O)[C@H](OC(=O)c2ccc(Cl)cc2)[C@H]1NC(C)=C1C(=O)CC(C)(C)CC1=O. The number of halogens is 1. The highest BCUT2D eigenvalue weighted by atomic mass is 35.5. The van der Waals surface area contributed by atoms with Gasteiger partial charge in [-0.3, -0.25) is 9.59 Å². The summed E-state index contributed by atoms with van der Waals surface area (Å²) in [5.74, 6) is -1.21. The van der Waals surface area contributed by atoms with Crippen LogP contribution in [0, 0.1) is 5.41 Å². The van der Waals surface area contributed by atoms with Gasteiger partial charge < -0.3 is 25.0 Å². The van der Waals surface area contributed by atoms with Gasteiger partial charge in [0.2, 0.25) is 0 Å². The van der Waals surface area contributed by atoms with Gasteiger partial charge in [-0.25, -0.2) is 4.79 Å². The van der Waals surface area contributed by atoms with Crippen molar-refractivity contribution in [3.8, 4) is 0 Å². The van der Waals surface area contributed by atoms with E-state index in [0.29, 0.717) is 10.7 Å². The fourth-order valence-corrected chi connectivity index (χ4v) is 5.24. The van der Waals surface area contributed by atoms with Crippen LogP contribution in [-0.2, 0) is 19.1 Å². The standard InChI is InChI=1S/C24H30ClNO7S/c1-12(18-15(28)9-24(2,3)10-16(18)29)26-19-21(20(30)17(11-27)32-23(19)34-4)33-22(31)13-5-7-14(25)8-6-13/h5-8,17,19-21,23,26-27,30H,9-11H2,1-4H3/t17-,19-,20-,21-,23+/m1/s1. The Bertz CT molecular complexity index is 956. The monoisotopic (exact) mass is 511 g/mol. The summed E-state index contributed by atoms with van der Waals surface area (Å²) in [7, 11) is 0. The van der Waals surface area contributed by atoms with E-state index in [1.54, 1.807) is 25.3 Å². The van der Waals surface area contributed by atoms with Crippen molar-refractivity contribution in [1.29, 1.82) is 0 Å². The number of ether oxygens (including phenoxy) is 2. The predicted molar refractivity (Wildman–Crippen MR) is 129 cm³/mol. The first kappa shape index (κ1) is 26.7. The van der Waals surface area contributed by atoms with Crippen LogP contribution in [0.3, 0.4) is 0 Å². The number of nitrogens with one attached hydrogen (secondary N) is 1. The molecule has 2 aliphatic rings. The molecule has 8 nitrogen and oxygen atoms in total. The number of benzene rings is 1. The second-order valence-corrected chi connectivity index (χ2v) is 10.7. The van der Waals surface area contributed by atoms with E-state index in [1.807, 2.05) is 13.8 Å². The number of ketones is 2. The lowest BCUT2D eigenvalue weighted by molar-refractivity contribution is -0.171. The maximum absolute atomic E-state index is 12.8. The third kappa shape index (κ3) is 5.83. The Kier molecular flexibility index (Phi) is 8.47. The number of hydrogen-bond acceptors (Lipinski definition) is 9. The van der Waals surface area contributed by atoms with Crippen molar-refractivity contribution in [2.45, 2.75) is 63.4 Å². The Morgan fingerprint density at radius 3 is 2.35 bits per heavy atom. The summed E-state index contributed by atoms with van der Waals surface area (Å²) < 4.78 is 11.5. The molecule has 5 atom stereocenters. The van der Waals surface area contributed by atoms with Crippen molar-refractivity contribution >= 4 is 40.9 Å². The van der Waals surface area contributed by atoms with Gasteiger partial charge in [-0.15, -0.1) is 11.8 Å². The molecule has 0 bridgehead atoms. The van der Waals surface area contributed by atoms with Gasteiger partial charge in [0.15, 0.2) is 17.7 Å². The van der Waals surface area contributed by atoms with Crippen molar-refractivity contribution in [2.75, 3.05) is 12.9 Å². The number of carbonyl (C=O) groups is 3. The van der Waals surface area contributed by atoms with E-state index in [-0.39, 0.29) is 35.5 Å². The zero-order valence-electron chi connectivity index (χ0n) is 19.5. The largest absolute Gasteiger partial charge is 0.454 e. The van der Waals surface area contributed by atoms with Crippen LogP contribution in [0.25, 0.3) is 0 Å². The molecule has 0 radical (unpaired) electrons. The van der Waals surface area contributed by atoms with E-state index < -0.39 is 47.8 Å². The molecule has 34 heavy (non-hydrogen) atoms. The number of esters is 1. The van der Waals surface area contributed by atoms with E-state index in [1.165, 1.54) is 23.9 Å². The molecular formula is C24H30ClNO7S. The van der Waals surface area contributed by atoms with Crippen LogP contribution < -0.4 is 5.32 Å². The quantitative estimate of drug-likeness (QED) is 0.300. The molecule has 1 aromatic rings. The molecule has 10 heteroatoms. The number of aliphatic hydroxyl groups is 2. The zero-order chi connectivity index (χ0) is 25.2. The number of aliphatic hydroxyl groups excluding tert-OH is 2. The molecule has 1 aliphatic carbocycles. The maximum Gasteiger partial charge on any atom is 0.338 e. The van der Waals surface area contributed by atoms with Gasteiger partial charge >= 0.3 is 5.97 Å². The number of Topliss-reactive ketones (excluding diaryl/α,β-unsaturated/α-hetero) is 2. The maximum atomic E-state index is 12.8. The molecule has 1 heterocycles. The van der Waals surface area contributed by atoms with Gasteiger partial charge in [0.05, 0.1) is 17.7 Å². The smallest absolute Gasteiger partial charge is 0.338 e.